The first-order chi connectivity index (χ1) is 16.2. The molecule has 8 heteroatoms. The molecule has 2 heterocycles. The first kappa shape index (κ1) is 24.4. The van der Waals surface area contributed by atoms with Crippen LogP contribution in [0.25, 0.3) is 0 Å². The van der Waals surface area contributed by atoms with Gasteiger partial charge in [0.05, 0.1) is 23.4 Å². The molecule has 1 aliphatic heterocycles. The summed E-state index contributed by atoms with van der Waals surface area (Å²) in [6, 6.07) is 13.1. The Labute approximate surface area is 201 Å². The van der Waals surface area contributed by atoms with Crippen molar-refractivity contribution in [2.75, 3.05) is 12.4 Å². The molecule has 4 rings (SSSR count). The van der Waals surface area contributed by atoms with Gasteiger partial charge in [-0.25, -0.2) is 13.4 Å². The Balaban J connectivity index is 1.46. The summed E-state index contributed by atoms with van der Waals surface area (Å²) in [6.45, 7) is 6.20. The molecule has 1 aromatic heterocycles. The normalized spacial score (nSPS) is 20.9. The molecule has 0 amide bonds. The molecule has 3 aromatic rings. The Bertz CT molecular complexity index is 1210. The summed E-state index contributed by atoms with van der Waals surface area (Å²) in [6.07, 6.45) is 4.56. The molecule has 0 fully saturated rings. The zero-order chi connectivity index (χ0) is 24.3. The van der Waals surface area contributed by atoms with E-state index in [0.717, 1.165) is 48.4 Å². The molecule has 0 aliphatic carbocycles. The summed E-state index contributed by atoms with van der Waals surface area (Å²) in [4.78, 5) is 4.44. The maximum atomic E-state index is 13.1. The average molecular weight is 484 g/mol. The summed E-state index contributed by atoms with van der Waals surface area (Å²) < 4.78 is 32.1. The van der Waals surface area contributed by atoms with E-state index >= 15 is 0 Å². The number of aromatic amines is 1. The summed E-state index contributed by atoms with van der Waals surface area (Å²) in [5.74, 6) is 1.14. The molecule has 2 N–H and O–H groups in total. The summed E-state index contributed by atoms with van der Waals surface area (Å²) in [7, 11) is -3.51. The van der Waals surface area contributed by atoms with Crippen molar-refractivity contribution in [3.63, 3.8) is 0 Å². The van der Waals surface area contributed by atoms with Crippen LogP contribution < -0.4 is 4.74 Å². The third kappa shape index (κ3) is 5.33. The van der Waals surface area contributed by atoms with Crippen LogP contribution in [0.1, 0.15) is 61.5 Å². The zero-order valence-corrected chi connectivity index (χ0v) is 20.8. The molecule has 2 atom stereocenters. The number of sulfone groups is 1. The van der Waals surface area contributed by atoms with E-state index in [-0.39, 0.29) is 5.75 Å². The number of fused-ring (bicyclic) bond motifs is 1. The third-order valence-electron chi connectivity index (χ3n) is 6.54. The molecule has 0 bridgehead atoms. The van der Waals surface area contributed by atoms with Crippen LogP contribution in [0.4, 0.5) is 0 Å². The first-order valence-electron chi connectivity index (χ1n) is 11.8. The van der Waals surface area contributed by atoms with Crippen LogP contribution in [0.3, 0.4) is 0 Å². The molecule has 0 unspecified atom stereocenters. The second-order valence-electron chi connectivity index (χ2n) is 9.87. The monoisotopic (exact) mass is 483 g/mol. The van der Waals surface area contributed by atoms with Crippen molar-refractivity contribution < 1.29 is 18.3 Å². The maximum Gasteiger partial charge on any atom is 0.179 e. The van der Waals surface area contributed by atoms with E-state index in [1.54, 1.807) is 6.07 Å². The lowest BCUT2D eigenvalue weighted by atomic mass is 9.75. The van der Waals surface area contributed by atoms with Gasteiger partial charge in [-0.1, -0.05) is 43.7 Å². The Kier molecular flexibility index (Phi) is 7.09. The van der Waals surface area contributed by atoms with E-state index in [9.17, 15) is 13.5 Å². The number of ether oxygens (including phenoxy) is 1. The number of hydrogen-bond donors (Lipinski definition) is 2. The van der Waals surface area contributed by atoms with Crippen molar-refractivity contribution in [3.05, 3.63) is 71.3 Å². The fourth-order valence-electron chi connectivity index (χ4n) is 4.71. The predicted octanol–water partition coefficient (Wildman–Crippen LogP) is 4.21. The summed E-state index contributed by atoms with van der Waals surface area (Å²) in [5, 5.41) is 18.1. The van der Waals surface area contributed by atoms with Crippen LogP contribution in [-0.2, 0) is 16.3 Å². The van der Waals surface area contributed by atoms with Crippen LogP contribution >= 0.6 is 0 Å². The smallest absolute Gasteiger partial charge is 0.179 e. The lowest BCUT2D eigenvalue weighted by Crippen LogP contribution is -2.38. The number of unbranched alkanes of at least 4 members (excludes halogenated alkanes) is 2. The first-order valence-corrected chi connectivity index (χ1v) is 13.4. The van der Waals surface area contributed by atoms with Crippen LogP contribution in [0.5, 0.6) is 5.75 Å². The van der Waals surface area contributed by atoms with Gasteiger partial charge in [0.15, 0.2) is 9.84 Å². The number of nitrogens with zero attached hydrogens (tertiary/aromatic N) is 2. The van der Waals surface area contributed by atoms with Gasteiger partial charge in [0.25, 0.3) is 0 Å². The number of aromatic nitrogens is 3. The topological polar surface area (TPSA) is 105 Å². The molecule has 34 heavy (non-hydrogen) atoms. The third-order valence-corrected chi connectivity index (χ3v) is 8.71. The van der Waals surface area contributed by atoms with Crippen LogP contribution in [0.15, 0.2) is 53.7 Å². The van der Waals surface area contributed by atoms with Gasteiger partial charge >= 0.3 is 0 Å². The van der Waals surface area contributed by atoms with E-state index < -0.39 is 27.3 Å². The standard InChI is InChI=1S/C26H33N3O4S/c1-18-8-13-22-21(15-18)24(25(30)26(2,3)16-34(22,31)32)19-9-11-20(12-10-19)33-14-6-4-5-7-23-27-17-28-29-23/h8-13,15,17,24-25,30H,4-7,14,16H2,1-3H3,(H,27,28,29)/t24-,25-/m1/s1. The second kappa shape index (κ2) is 9.88. The van der Waals surface area contributed by atoms with Gasteiger partial charge in [0, 0.05) is 17.8 Å². The average Bonchev–Trinajstić information content (AvgIpc) is 3.28. The number of aryl methyl sites for hydroxylation is 2. The highest BCUT2D eigenvalue weighted by atomic mass is 32.2. The largest absolute Gasteiger partial charge is 0.494 e. The van der Waals surface area contributed by atoms with Gasteiger partial charge in [-0.3, -0.25) is 5.10 Å². The van der Waals surface area contributed by atoms with Crippen molar-refractivity contribution in [1.29, 1.82) is 0 Å². The maximum absolute atomic E-state index is 13.1. The summed E-state index contributed by atoms with van der Waals surface area (Å²) >= 11 is 0. The van der Waals surface area contributed by atoms with E-state index in [1.807, 2.05) is 57.2 Å². The van der Waals surface area contributed by atoms with Gasteiger partial charge in [0.1, 0.15) is 17.9 Å². The molecule has 1 aliphatic rings. The predicted molar refractivity (Wildman–Crippen MR) is 131 cm³/mol. The van der Waals surface area contributed by atoms with Gasteiger partial charge in [-0.2, -0.15) is 5.10 Å². The number of hydrogen-bond acceptors (Lipinski definition) is 6. The Morgan fingerprint density at radius 3 is 2.59 bits per heavy atom. The lowest BCUT2D eigenvalue weighted by Gasteiger charge is -2.33. The molecule has 7 nitrogen and oxygen atoms in total. The van der Waals surface area contributed by atoms with Crippen molar-refractivity contribution in [2.45, 2.75) is 63.4 Å². The molecule has 0 saturated carbocycles. The van der Waals surface area contributed by atoms with Crippen molar-refractivity contribution >= 4 is 9.84 Å². The Hall–Kier alpha value is -2.71. The van der Waals surface area contributed by atoms with E-state index in [0.29, 0.717) is 17.1 Å². The molecule has 2 aromatic carbocycles. The number of H-pyrrole nitrogens is 1. The molecule has 182 valence electrons. The minimum Gasteiger partial charge on any atom is -0.494 e. The summed E-state index contributed by atoms with van der Waals surface area (Å²) in [5.41, 5.74) is 1.72. The van der Waals surface area contributed by atoms with Crippen LogP contribution in [0.2, 0.25) is 0 Å². The van der Waals surface area contributed by atoms with E-state index in [1.165, 1.54) is 6.33 Å². The SMILES string of the molecule is Cc1ccc2c(c1)[C@@H](c1ccc(OCCCCCc3ncn[nH]3)cc1)[C@@H](O)C(C)(C)CS2(=O)=O. The minimum atomic E-state index is -3.51. The Morgan fingerprint density at radius 2 is 1.88 bits per heavy atom. The lowest BCUT2D eigenvalue weighted by molar-refractivity contribution is 0.0521. The zero-order valence-electron chi connectivity index (χ0n) is 20.0. The van der Waals surface area contributed by atoms with Crippen molar-refractivity contribution in [1.82, 2.24) is 15.2 Å². The van der Waals surface area contributed by atoms with Crippen LogP contribution in [0, 0.1) is 12.3 Å². The van der Waals surface area contributed by atoms with E-state index in [2.05, 4.69) is 15.2 Å². The van der Waals surface area contributed by atoms with Gasteiger partial charge in [-0.05, 0) is 55.5 Å². The number of aliphatic hydroxyl groups is 1. The molecule has 0 radical (unpaired) electrons. The number of aliphatic hydroxyl groups excluding tert-OH is 1. The fraction of sp³-hybridized carbons (Fsp3) is 0.462. The molecule has 0 spiro atoms. The highest BCUT2D eigenvalue weighted by Gasteiger charge is 2.44. The highest BCUT2D eigenvalue weighted by Crippen LogP contribution is 2.44. The van der Waals surface area contributed by atoms with Gasteiger partial charge in [0.2, 0.25) is 0 Å². The Morgan fingerprint density at radius 1 is 1.12 bits per heavy atom. The van der Waals surface area contributed by atoms with Crippen molar-refractivity contribution in [2.24, 2.45) is 5.41 Å². The highest BCUT2D eigenvalue weighted by molar-refractivity contribution is 7.91. The quantitative estimate of drug-likeness (QED) is 0.465. The molecule has 0 saturated heterocycles. The van der Waals surface area contributed by atoms with E-state index in [4.69, 9.17) is 4.74 Å². The van der Waals surface area contributed by atoms with Crippen molar-refractivity contribution in [3.8, 4) is 5.75 Å². The van der Waals surface area contributed by atoms with Gasteiger partial charge < -0.3 is 9.84 Å². The van der Waals surface area contributed by atoms with Gasteiger partial charge in [-0.15, -0.1) is 0 Å². The molecular formula is C26H33N3O4S. The number of nitrogens with one attached hydrogen (secondary N) is 1. The molecular weight excluding hydrogens is 450 g/mol. The number of rotatable bonds is 8. The fourth-order valence-corrected chi connectivity index (χ4v) is 6.84. The number of benzene rings is 2. The minimum absolute atomic E-state index is 0.0919. The second-order valence-corrected chi connectivity index (χ2v) is 11.8. The van der Waals surface area contributed by atoms with Crippen LogP contribution in [-0.4, -0.2) is 47.2 Å².